The predicted octanol–water partition coefficient (Wildman–Crippen LogP) is 3.18. The molecule has 0 radical (unpaired) electrons. The third-order valence-electron chi connectivity index (χ3n) is 3.35. The first-order valence-electron chi connectivity index (χ1n) is 6.31. The Bertz CT molecular complexity index is 496. The Labute approximate surface area is 110 Å². The number of benzene rings is 1. The molecular weight excluding hydrogens is 247 g/mol. The molecule has 1 fully saturated rings. The van der Waals surface area contributed by atoms with Crippen LogP contribution in [0.5, 0.6) is 0 Å². The molecule has 0 heterocycles. The van der Waals surface area contributed by atoms with Gasteiger partial charge in [-0.3, -0.25) is 4.79 Å². The first-order chi connectivity index (χ1) is 9.20. The highest BCUT2D eigenvalue weighted by molar-refractivity contribution is 5.94. The van der Waals surface area contributed by atoms with Gasteiger partial charge in [-0.05, 0) is 42.6 Å². The van der Waals surface area contributed by atoms with Gasteiger partial charge in [-0.1, -0.05) is 18.0 Å². The highest BCUT2D eigenvalue weighted by Gasteiger charge is 2.25. The van der Waals surface area contributed by atoms with E-state index >= 15 is 0 Å². The van der Waals surface area contributed by atoms with Crippen LogP contribution in [0.2, 0.25) is 0 Å². The van der Waals surface area contributed by atoms with Crippen molar-refractivity contribution in [2.75, 3.05) is 0 Å². The number of carbonyl (C=O) groups is 1. The van der Waals surface area contributed by atoms with Crippen molar-refractivity contribution in [1.82, 2.24) is 5.32 Å². The number of halogens is 1. The molecule has 0 spiro atoms. The van der Waals surface area contributed by atoms with Gasteiger partial charge in [0.1, 0.15) is 5.82 Å². The van der Waals surface area contributed by atoms with Crippen LogP contribution >= 0.6 is 0 Å². The van der Waals surface area contributed by atoms with Crippen molar-refractivity contribution in [3.05, 3.63) is 46.1 Å². The lowest BCUT2D eigenvalue weighted by molar-refractivity contribution is 0.0921. The quantitative estimate of drug-likeness (QED) is 0.507. The molecule has 2 rings (SSSR count). The maximum Gasteiger partial charge on any atom is 0.251 e. The minimum atomic E-state index is -0.374. The van der Waals surface area contributed by atoms with E-state index in [1.54, 1.807) is 0 Å². The zero-order valence-electron chi connectivity index (χ0n) is 10.4. The van der Waals surface area contributed by atoms with E-state index in [2.05, 4.69) is 15.3 Å². The first-order valence-corrected chi connectivity index (χ1v) is 6.31. The number of carbonyl (C=O) groups excluding carboxylic acids is 1. The largest absolute Gasteiger partial charge is 0.349 e. The average molecular weight is 262 g/mol. The second kappa shape index (κ2) is 6.20. The smallest absolute Gasteiger partial charge is 0.251 e. The topological polar surface area (TPSA) is 77.9 Å². The number of nitrogens with zero attached hydrogens (tertiary/aromatic N) is 3. The molecule has 0 unspecified atom stereocenters. The SMILES string of the molecule is [N-]=[N+]=N[C@@H]1CCCC[C@H]1NC(=O)c1ccc(F)cc1. The van der Waals surface area contributed by atoms with Crippen LogP contribution in [0.4, 0.5) is 4.39 Å². The van der Waals surface area contributed by atoms with Crippen molar-refractivity contribution in [2.24, 2.45) is 5.11 Å². The summed E-state index contributed by atoms with van der Waals surface area (Å²) in [5.41, 5.74) is 8.93. The van der Waals surface area contributed by atoms with Gasteiger partial charge in [0, 0.05) is 16.5 Å². The fraction of sp³-hybridized carbons (Fsp3) is 0.462. The van der Waals surface area contributed by atoms with Gasteiger partial charge in [0.25, 0.3) is 5.91 Å². The maximum absolute atomic E-state index is 12.8. The molecule has 0 aromatic heterocycles. The summed E-state index contributed by atoms with van der Waals surface area (Å²) in [4.78, 5) is 14.8. The van der Waals surface area contributed by atoms with Crippen molar-refractivity contribution in [3.8, 4) is 0 Å². The summed E-state index contributed by atoms with van der Waals surface area (Å²) in [6.07, 6.45) is 3.60. The normalized spacial score (nSPS) is 22.4. The van der Waals surface area contributed by atoms with Gasteiger partial charge in [0.15, 0.2) is 0 Å². The predicted molar refractivity (Wildman–Crippen MR) is 69.1 cm³/mol. The summed E-state index contributed by atoms with van der Waals surface area (Å²) in [5, 5.41) is 6.59. The molecule has 0 bridgehead atoms. The number of azide groups is 1. The second-order valence-corrected chi connectivity index (χ2v) is 4.64. The standard InChI is InChI=1S/C13H15FN4O/c14-10-7-5-9(6-8-10)13(19)16-11-3-1-2-4-12(11)17-18-15/h5-8,11-12H,1-4H2,(H,16,19)/t11-,12-/m1/s1. The van der Waals surface area contributed by atoms with Crippen LogP contribution < -0.4 is 5.32 Å². The van der Waals surface area contributed by atoms with E-state index in [-0.39, 0.29) is 23.8 Å². The summed E-state index contributed by atoms with van der Waals surface area (Å²) in [5.74, 6) is -0.633. The average Bonchev–Trinajstić information content (AvgIpc) is 2.42. The van der Waals surface area contributed by atoms with E-state index in [0.717, 1.165) is 25.7 Å². The Morgan fingerprint density at radius 2 is 2.00 bits per heavy atom. The fourth-order valence-corrected chi connectivity index (χ4v) is 2.34. The molecule has 1 aliphatic rings. The van der Waals surface area contributed by atoms with E-state index in [0.29, 0.717) is 5.56 Å². The first kappa shape index (κ1) is 13.4. The molecule has 0 saturated heterocycles. The summed E-state index contributed by atoms with van der Waals surface area (Å²) < 4.78 is 12.8. The molecule has 1 aromatic carbocycles. The van der Waals surface area contributed by atoms with Crippen LogP contribution in [0.3, 0.4) is 0 Å². The van der Waals surface area contributed by atoms with E-state index in [1.165, 1.54) is 24.3 Å². The van der Waals surface area contributed by atoms with E-state index in [4.69, 9.17) is 5.53 Å². The van der Waals surface area contributed by atoms with E-state index in [1.807, 2.05) is 0 Å². The van der Waals surface area contributed by atoms with E-state index in [9.17, 15) is 9.18 Å². The number of hydrogen-bond acceptors (Lipinski definition) is 2. The zero-order chi connectivity index (χ0) is 13.7. The fourth-order valence-electron chi connectivity index (χ4n) is 2.34. The lowest BCUT2D eigenvalue weighted by Gasteiger charge is -2.28. The Hall–Kier alpha value is -2.07. The Morgan fingerprint density at radius 1 is 1.32 bits per heavy atom. The molecule has 1 saturated carbocycles. The molecule has 0 aliphatic heterocycles. The number of nitrogens with one attached hydrogen (secondary N) is 1. The Balaban J connectivity index is 2.04. The van der Waals surface area contributed by atoms with Gasteiger partial charge in [-0.25, -0.2) is 4.39 Å². The summed E-state index contributed by atoms with van der Waals surface area (Å²) in [6.45, 7) is 0. The molecule has 1 aromatic rings. The van der Waals surface area contributed by atoms with Crippen LogP contribution in [0, 0.1) is 5.82 Å². The molecule has 5 nitrogen and oxygen atoms in total. The van der Waals surface area contributed by atoms with Crippen molar-refractivity contribution >= 4 is 5.91 Å². The lowest BCUT2D eigenvalue weighted by atomic mass is 9.90. The minimum Gasteiger partial charge on any atom is -0.349 e. The van der Waals surface area contributed by atoms with Gasteiger partial charge in [-0.2, -0.15) is 0 Å². The van der Waals surface area contributed by atoms with Gasteiger partial charge in [0.05, 0.1) is 6.04 Å². The molecule has 19 heavy (non-hydrogen) atoms. The Morgan fingerprint density at radius 3 is 2.68 bits per heavy atom. The van der Waals surface area contributed by atoms with Crippen LogP contribution in [0.1, 0.15) is 36.0 Å². The second-order valence-electron chi connectivity index (χ2n) is 4.64. The molecule has 1 aliphatic carbocycles. The summed E-state index contributed by atoms with van der Waals surface area (Å²) in [6, 6.07) is 5.05. The van der Waals surface area contributed by atoms with Crippen LogP contribution in [0.25, 0.3) is 10.4 Å². The lowest BCUT2D eigenvalue weighted by Crippen LogP contribution is -2.44. The number of hydrogen-bond donors (Lipinski definition) is 1. The monoisotopic (exact) mass is 262 g/mol. The highest BCUT2D eigenvalue weighted by Crippen LogP contribution is 2.21. The van der Waals surface area contributed by atoms with Crippen LogP contribution in [-0.4, -0.2) is 18.0 Å². The van der Waals surface area contributed by atoms with Crippen molar-refractivity contribution in [2.45, 2.75) is 37.8 Å². The minimum absolute atomic E-state index is 0.137. The molecular formula is C13H15FN4O. The van der Waals surface area contributed by atoms with Gasteiger partial charge < -0.3 is 5.32 Å². The molecule has 1 N–H and O–H groups in total. The molecule has 1 amide bonds. The molecule has 100 valence electrons. The zero-order valence-corrected chi connectivity index (χ0v) is 10.4. The van der Waals surface area contributed by atoms with Crippen molar-refractivity contribution < 1.29 is 9.18 Å². The summed E-state index contributed by atoms with van der Waals surface area (Å²) in [7, 11) is 0. The van der Waals surface area contributed by atoms with Gasteiger partial charge >= 0.3 is 0 Å². The third-order valence-corrected chi connectivity index (χ3v) is 3.35. The van der Waals surface area contributed by atoms with Gasteiger partial charge in [0.2, 0.25) is 0 Å². The summed E-state index contributed by atoms with van der Waals surface area (Å²) >= 11 is 0. The number of amides is 1. The third kappa shape index (κ3) is 3.45. The molecule has 2 atom stereocenters. The van der Waals surface area contributed by atoms with Crippen LogP contribution in [-0.2, 0) is 0 Å². The Kier molecular flexibility index (Phi) is 4.36. The van der Waals surface area contributed by atoms with E-state index < -0.39 is 0 Å². The highest BCUT2D eigenvalue weighted by atomic mass is 19.1. The molecule has 6 heteroatoms. The van der Waals surface area contributed by atoms with Gasteiger partial charge in [-0.15, -0.1) is 0 Å². The number of rotatable bonds is 3. The van der Waals surface area contributed by atoms with Crippen LogP contribution in [0.15, 0.2) is 29.4 Å². The maximum atomic E-state index is 12.8. The van der Waals surface area contributed by atoms with Crippen molar-refractivity contribution in [3.63, 3.8) is 0 Å². The van der Waals surface area contributed by atoms with Crippen molar-refractivity contribution in [1.29, 1.82) is 0 Å².